The van der Waals surface area contributed by atoms with E-state index in [0.29, 0.717) is 24.2 Å². The molecule has 0 aliphatic heterocycles. The van der Waals surface area contributed by atoms with E-state index in [0.717, 1.165) is 19.3 Å². The summed E-state index contributed by atoms with van der Waals surface area (Å²) in [6.45, 7) is 4.79. The van der Waals surface area contributed by atoms with Crippen molar-refractivity contribution in [3.05, 3.63) is 16.3 Å². The normalized spacial score (nSPS) is 21.8. The van der Waals surface area contributed by atoms with Crippen molar-refractivity contribution in [1.29, 1.82) is 0 Å². The van der Waals surface area contributed by atoms with Crippen LogP contribution >= 0.6 is 0 Å². The number of hydrogen-bond acceptors (Lipinski definition) is 6. The first kappa shape index (κ1) is 15.5. The van der Waals surface area contributed by atoms with E-state index in [4.69, 9.17) is 0 Å². The van der Waals surface area contributed by atoms with Gasteiger partial charge in [0.25, 0.3) is 0 Å². The third-order valence-corrected chi connectivity index (χ3v) is 4.06. The Labute approximate surface area is 124 Å². The summed E-state index contributed by atoms with van der Waals surface area (Å²) in [6, 6.07) is 0.256. The second-order valence-corrected chi connectivity index (χ2v) is 5.42. The number of aromatic nitrogens is 2. The Morgan fingerprint density at radius 1 is 1.38 bits per heavy atom. The highest BCUT2D eigenvalue weighted by atomic mass is 16.6. The van der Waals surface area contributed by atoms with Gasteiger partial charge >= 0.3 is 5.69 Å². The van der Waals surface area contributed by atoms with Crippen LogP contribution < -0.4 is 10.6 Å². The van der Waals surface area contributed by atoms with E-state index in [9.17, 15) is 10.1 Å². The molecule has 0 radical (unpaired) electrons. The van der Waals surface area contributed by atoms with Crippen molar-refractivity contribution >= 4 is 17.5 Å². The molecule has 1 aliphatic carbocycles. The summed E-state index contributed by atoms with van der Waals surface area (Å²) in [6.07, 6.45) is 6.97. The van der Waals surface area contributed by atoms with Crippen LogP contribution in [0.1, 0.15) is 46.0 Å². The van der Waals surface area contributed by atoms with Crippen LogP contribution in [-0.4, -0.2) is 27.5 Å². The Bertz CT molecular complexity index is 494. The summed E-state index contributed by atoms with van der Waals surface area (Å²) in [7, 11) is 0. The molecule has 0 spiro atoms. The summed E-state index contributed by atoms with van der Waals surface area (Å²) in [5.74, 6) is 1.31. The summed E-state index contributed by atoms with van der Waals surface area (Å²) in [5.41, 5.74) is -0.0583. The predicted molar refractivity (Wildman–Crippen MR) is 82.5 cm³/mol. The van der Waals surface area contributed by atoms with E-state index in [2.05, 4.69) is 27.5 Å². The Kier molecular flexibility index (Phi) is 5.30. The predicted octanol–water partition coefficient (Wildman–Crippen LogP) is 3.20. The van der Waals surface area contributed by atoms with E-state index in [1.54, 1.807) is 0 Å². The SMILES string of the molecule is CCNc1ncc([N+](=O)[O-])c(NC2CCCCC2CC)n1. The minimum atomic E-state index is -0.429. The maximum absolute atomic E-state index is 11.1. The monoisotopic (exact) mass is 293 g/mol. The van der Waals surface area contributed by atoms with E-state index in [1.807, 2.05) is 6.92 Å². The van der Waals surface area contributed by atoms with E-state index < -0.39 is 4.92 Å². The number of nitro groups is 1. The standard InChI is InChI=1S/C14H23N5O2/c1-3-10-7-5-6-8-11(10)17-13-12(19(20)21)9-16-14(18-13)15-4-2/h9-11H,3-8H2,1-2H3,(H2,15,16,17,18). The Balaban J connectivity index is 2.23. The van der Waals surface area contributed by atoms with Crippen molar-refractivity contribution in [3.8, 4) is 0 Å². The zero-order valence-electron chi connectivity index (χ0n) is 12.6. The zero-order valence-corrected chi connectivity index (χ0v) is 12.6. The lowest BCUT2D eigenvalue weighted by atomic mass is 9.83. The van der Waals surface area contributed by atoms with Gasteiger partial charge in [0.2, 0.25) is 11.8 Å². The summed E-state index contributed by atoms with van der Waals surface area (Å²) in [5, 5.41) is 17.4. The highest BCUT2D eigenvalue weighted by molar-refractivity contribution is 5.57. The van der Waals surface area contributed by atoms with Gasteiger partial charge in [-0.2, -0.15) is 4.98 Å². The highest BCUT2D eigenvalue weighted by Gasteiger charge is 2.27. The molecule has 2 atom stereocenters. The van der Waals surface area contributed by atoms with Crippen molar-refractivity contribution in [2.75, 3.05) is 17.2 Å². The molecule has 116 valence electrons. The topological polar surface area (TPSA) is 93.0 Å². The molecule has 2 unspecified atom stereocenters. The van der Waals surface area contributed by atoms with Gasteiger partial charge in [0.15, 0.2) is 0 Å². The number of rotatable bonds is 6. The Morgan fingerprint density at radius 2 is 2.14 bits per heavy atom. The van der Waals surface area contributed by atoms with Gasteiger partial charge in [-0.1, -0.05) is 26.2 Å². The first-order valence-electron chi connectivity index (χ1n) is 7.67. The molecular weight excluding hydrogens is 270 g/mol. The minimum absolute atomic E-state index is 0.0583. The third-order valence-electron chi connectivity index (χ3n) is 4.06. The molecule has 1 saturated carbocycles. The number of hydrogen-bond donors (Lipinski definition) is 2. The van der Waals surface area contributed by atoms with Crippen LogP contribution in [-0.2, 0) is 0 Å². The van der Waals surface area contributed by atoms with Crippen molar-refractivity contribution in [2.45, 2.75) is 52.0 Å². The largest absolute Gasteiger partial charge is 0.361 e. The van der Waals surface area contributed by atoms with E-state index >= 15 is 0 Å². The Hall–Kier alpha value is -1.92. The average molecular weight is 293 g/mol. The minimum Gasteiger partial charge on any atom is -0.361 e. The van der Waals surface area contributed by atoms with Crippen LogP contribution in [0.4, 0.5) is 17.5 Å². The van der Waals surface area contributed by atoms with Gasteiger partial charge in [-0.15, -0.1) is 0 Å². The molecular formula is C14H23N5O2. The molecule has 1 fully saturated rings. The van der Waals surface area contributed by atoms with Crippen LogP contribution in [0.25, 0.3) is 0 Å². The lowest BCUT2D eigenvalue weighted by Gasteiger charge is -2.31. The molecule has 0 aromatic carbocycles. The average Bonchev–Trinajstić information content (AvgIpc) is 2.48. The molecule has 21 heavy (non-hydrogen) atoms. The fourth-order valence-electron chi connectivity index (χ4n) is 2.92. The maximum Gasteiger partial charge on any atom is 0.329 e. The first-order valence-corrected chi connectivity index (χ1v) is 7.67. The van der Waals surface area contributed by atoms with Crippen LogP contribution in [0.2, 0.25) is 0 Å². The molecule has 1 aromatic rings. The molecule has 0 saturated heterocycles. The molecule has 2 rings (SSSR count). The lowest BCUT2D eigenvalue weighted by Crippen LogP contribution is -2.32. The van der Waals surface area contributed by atoms with Crippen LogP contribution in [0.5, 0.6) is 0 Å². The number of nitrogens with zero attached hydrogens (tertiary/aromatic N) is 3. The van der Waals surface area contributed by atoms with Gasteiger partial charge in [0.05, 0.1) is 4.92 Å². The zero-order chi connectivity index (χ0) is 15.2. The van der Waals surface area contributed by atoms with E-state index in [1.165, 1.54) is 19.0 Å². The maximum atomic E-state index is 11.1. The molecule has 1 aliphatic rings. The van der Waals surface area contributed by atoms with Crippen LogP contribution in [0, 0.1) is 16.0 Å². The highest BCUT2D eigenvalue weighted by Crippen LogP contribution is 2.31. The first-order chi connectivity index (χ1) is 10.2. The molecule has 0 amide bonds. The molecule has 7 nitrogen and oxygen atoms in total. The van der Waals surface area contributed by atoms with Gasteiger partial charge in [0.1, 0.15) is 6.20 Å². The van der Waals surface area contributed by atoms with Crippen LogP contribution in [0.3, 0.4) is 0 Å². The molecule has 1 aromatic heterocycles. The lowest BCUT2D eigenvalue weighted by molar-refractivity contribution is -0.384. The third kappa shape index (κ3) is 3.80. The molecule has 7 heteroatoms. The quantitative estimate of drug-likeness (QED) is 0.618. The van der Waals surface area contributed by atoms with Gasteiger partial charge < -0.3 is 10.6 Å². The summed E-state index contributed by atoms with van der Waals surface area (Å²) in [4.78, 5) is 19.0. The van der Waals surface area contributed by atoms with Gasteiger partial charge in [-0.25, -0.2) is 4.98 Å². The fourth-order valence-corrected chi connectivity index (χ4v) is 2.92. The number of anilines is 2. The summed E-state index contributed by atoms with van der Waals surface area (Å²) >= 11 is 0. The van der Waals surface area contributed by atoms with Gasteiger partial charge in [0, 0.05) is 12.6 Å². The smallest absolute Gasteiger partial charge is 0.329 e. The van der Waals surface area contributed by atoms with E-state index in [-0.39, 0.29) is 11.7 Å². The van der Waals surface area contributed by atoms with Crippen molar-refractivity contribution in [1.82, 2.24) is 9.97 Å². The molecule has 0 bridgehead atoms. The second-order valence-electron chi connectivity index (χ2n) is 5.42. The molecule has 2 N–H and O–H groups in total. The second kappa shape index (κ2) is 7.19. The van der Waals surface area contributed by atoms with Crippen molar-refractivity contribution < 1.29 is 4.92 Å². The van der Waals surface area contributed by atoms with Crippen molar-refractivity contribution in [3.63, 3.8) is 0 Å². The van der Waals surface area contributed by atoms with Crippen molar-refractivity contribution in [2.24, 2.45) is 5.92 Å². The number of nitrogens with one attached hydrogen (secondary N) is 2. The van der Waals surface area contributed by atoms with Gasteiger partial charge in [-0.3, -0.25) is 10.1 Å². The summed E-state index contributed by atoms with van der Waals surface area (Å²) < 4.78 is 0. The molecule has 1 heterocycles. The van der Waals surface area contributed by atoms with Crippen LogP contribution in [0.15, 0.2) is 6.20 Å². The van der Waals surface area contributed by atoms with Gasteiger partial charge in [-0.05, 0) is 25.7 Å². The fraction of sp³-hybridized carbons (Fsp3) is 0.714. The Morgan fingerprint density at radius 3 is 2.81 bits per heavy atom.